The zero-order chi connectivity index (χ0) is 14.7. The third-order valence-corrected chi connectivity index (χ3v) is 5.13. The van der Waals surface area contributed by atoms with Gasteiger partial charge >= 0.3 is 0 Å². The van der Waals surface area contributed by atoms with Crippen molar-refractivity contribution in [2.24, 2.45) is 0 Å². The van der Waals surface area contributed by atoms with Crippen LogP contribution in [-0.2, 0) is 6.42 Å². The first-order valence-electron chi connectivity index (χ1n) is 6.07. The minimum atomic E-state index is -0.230. The van der Waals surface area contributed by atoms with E-state index in [4.69, 9.17) is 11.6 Å². The first-order chi connectivity index (χ1) is 9.51. The number of rotatable bonds is 4. The highest BCUT2D eigenvalue weighted by atomic mass is 79.9. The predicted molar refractivity (Wildman–Crippen MR) is 88.8 cm³/mol. The van der Waals surface area contributed by atoms with Crippen LogP contribution in [0.2, 0.25) is 5.02 Å². The van der Waals surface area contributed by atoms with Crippen LogP contribution in [0.4, 0.5) is 4.39 Å². The lowest BCUT2D eigenvalue weighted by molar-refractivity contribution is 0.583. The molecule has 1 nitrogen and oxygen atoms in total. The first-order valence-corrected chi connectivity index (χ1v) is 8.04. The van der Waals surface area contributed by atoms with Crippen LogP contribution in [0.1, 0.15) is 17.2 Å². The molecule has 20 heavy (non-hydrogen) atoms. The summed E-state index contributed by atoms with van der Waals surface area (Å²) in [5, 5.41) is 3.91. The van der Waals surface area contributed by atoms with Gasteiger partial charge in [-0.15, -0.1) is 0 Å². The Hall–Kier alpha value is -0.420. The molecule has 0 heterocycles. The van der Waals surface area contributed by atoms with Gasteiger partial charge in [0.15, 0.2) is 0 Å². The zero-order valence-electron chi connectivity index (χ0n) is 10.8. The van der Waals surface area contributed by atoms with E-state index in [0.29, 0.717) is 11.4 Å². The summed E-state index contributed by atoms with van der Waals surface area (Å²) >= 11 is 13.0. The van der Waals surface area contributed by atoms with Gasteiger partial charge in [-0.3, -0.25) is 0 Å². The highest BCUT2D eigenvalue weighted by molar-refractivity contribution is 9.10. The molecule has 0 spiro atoms. The van der Waals surface area contributed by atoms with Gasteiger partial charge in [-0.05, 0) is 70.9 Å². The molecule has 0 aromatic heterocycles. The van der Waals surface area contributed by atoms with Gasteiger partial charge in [-0.2, -0.15) is 0 Å². The average Bonchev–Trinajstić information content (AvgIpc) is 2.43. The molecule has 0 saturated carbocycles. The second-order valence-corrected chi connectivity index (χ2v) is 6.57. The minimum Gasteiger partial charge on any atom is -0.313 e. The van der Waals surface area contributed by atoms with E-state index < -0.39 is 0 Å². The van der Waals surface area contributed by atoms with Crippen LogP contribution in [0.15, 0.2) is 45.3 Å². The summed E-state index contributed by atoms with van der Waals surface area (Å²) in [6.07, 6.45) is 0.673. The van der Waals surface area contributed by atoms with Gasteiger partial charge < -0.3 is 5.32 Å². The van der Waals surface area contributed by atoms with Crippen molar-refractivity contribution in [2.75, 3.05) is 7.05 Å². The van der Waals surface area contributed by atoms with Crippen LogP contribution in [0.5, 0.6) is 0 Å². The van der Waals surface area contributed by atoms with Crippen molar-refractivity contribution in [1.82, 2.24) is 5.32 Å². The zero-order valence-corrected chi connectivity index (χ0v) is 14.7. The molecule has 0 bridgehead atoms. The Morgan fingerprint density at radius 3 is 2.50 bits per heavy atom. The topological polar surface area (TPSA) is 12.0 Å². The van der Waals surface area contributed by atoms with Crippen LogP contribution >= 0.6 is 43.5 Å². The van der Waals surface area contributed by atoms with Gasteiger partial charge in [-0.25, -0.2) is 4.39 Å². The SMILES string of the molecule is CNC(Cc1cc(F)ccc1Br)c1ccc(Br)c(Cl)c1. The summed E-state index contributed by atoms with van der Waals surface area (Å²) in [7, 11) is 1.88. The lowest BCUT2D eigenvalue weighted by atomic mass is 9.99. The quantitative estimate of drug-likeness (QED) is 0.687. The number of hydrogen-bond acceptors (Lipinski definition) is 1. The van der Waals surface area contributed by atoms with Crippen LogP contribution in [0.3, 0.4) is 0 Å². The standard InChI is InChI=1S/C15H13Br2ClFN/c1-20-15(9-2-4-13(17)14(18)7-9)8-10-6-11(19)3-5-12(10)16/h2-7,15,20H,8H2,1H3. The minimum absolute atomic E-state index is 0.0682. The molecule has 0 radical (unpaired) electrons. The molecule has 2 rings (SSSR count). The van der Waals surface area contributed by atoms with E-state index in [2.05, 4.69) is 37.2 Å². The molecule has 0 saturated heterocycles. The molecule has 1 atom stereocenters. The van der Waals surface area contributed by atoms with Crippen molar-refractivity contribution in [1.29, 1.82) is 0 Å². The normalized spacial score (nSPS) is 12.4. The van der Waals surface area contributed by atoms with Gasteiger partial charge in [-0.1, -0.05) is 33.6 Å². The Balaban J connectivity index is 2.28. The third-order valence-electron chi connectivity index (χ3n) is 3.13. The molecular weight excluding hydrogens is 408 g/mol. The number of hydrogen-bond donors (Lipinski definition) is 1. The van der Waals surface area contributed by atoms with Crippen molar-refractivity contribution in [3.63, 3.8) is 0 Å². The average molecular weight is 422 g/mol. The third kappa shape index (κ3) is 3.82. The van der Waals surface area contributed by atoms with E-state index in [1.165, 1.54) is 6.07 Å². The molecule has 5 heteroatoms. The highest BCUT2D eigenvalue weighted by Gasteiger charge is 2.14. The van der Waals surface area contributed by atoms with Crippen LogP contribution in [-0.4, -0.2) is 7.05 Å². The molecule has 0 aliphatic rings. The molecule has 1 N–H and O–H groups in total. The van der Waals surface area contributed by atoms with Gasteiger partial charge in [0.2, 0.25) is 0 Å². The van der Waals surface area contributed by atoms with E-state index in [-0.39, 0.29) is 11.9 Å². The van der Waals surface area contributed by atoms with E-state index >= 15 is 0 Å². The maximum Gasteiger partial charge on any atom is 0.123 e. The van der Waals surface area contributed by atoms with E-state index in [1.54, 1.807) is 12.1 Å². The Morgan fingerprint density at radius 2 is 1.85 bits per heavy atom. The van der Waals surface area contributed by atoms with E-state index in [9.17, 15) is 4.39 Å². The molecular formula is C15H13Br2ClFN. The van der Waals surface area contributed by atoms with Crippen LogP contribution in [0, 0.1) is 5.82 Å². The number of nitrogens with one attached hydrogen (secondary N) is 1. The summed E-state index contributed by atoms with van der Waals surface area (Å²) in [6, 6.07) is 10.6. The molecule has 0 aliphatic heterocycles. The Labute approximate surface area is 139 Å². The number of benzene rings is 2. The van der Waals surface area contributed by atoms with Crippen LogP contribution in [0.25, 0.3) is 0 Å². The molecule has 1 unspecified atom stereocenters. The lowest BCUT2D eigenvalue weighted by Gasteiger charge is -2.18. The second-order valence-electron chi connectivity index (χ2n) is 4.45. The summed E-state index contributed by atoms with van der Waals surface area (Å²) in [6.45, 7) is 0. The molecule has 0 amide bonds. The Kier molecular flexibility index (Phi) is 5.61. The fourth-order valence-corrected chi connectivity index (χ4v) is 2.88. The predicted octanol–water partition coefficient (Wildman–Crippen LogP) is 5.51. The van der Waals surface area contributed by atoms with Gasteiger partial charge in [0.1, 0.15) is 5.82 Å². The highest BCUT2D eigenvalue weighted by Crippen LogP contribution is 2.29. The first kappa shape index (κ1) is 16.0. The number of likely N-dealkylation sites (N-methyl/N-ethyl adjacent to an activating group) is 1. The monoisotopic (exact) mass is 419 g/mol. The molecule has 106 valence electrons. The molecule has 2 aromatic rings. The lowest BCUT2D eigenvalue weighted by Crippen LogP contribution is -2.19. The van der Waals surface area contributed by atoms with Gasteiger partial charge in [0.25, 0.3) is 0 Å². The molecule has 0 fully saturated rings. The van der Waals surface area contributed by atoms with Crippen molar-refractivity contribution in [2.45, 2.75) is 12.5 Å². The fraction of sp³-hybridized carbons (Fsp3) is 0.200. The summed E-state index contributed by atoms with van der Waals surface area (Å²) < 4.78 is 15.1. The summed E-state index contributed by atoms with van der Waals surface area (Å²) in [4.78, 5) is 0. The summed E-state index contributed by atoms with van der Waals surface area (Å²) in [5.74, 6) is -0.230. The van der Waals surface area contributed by atoms with Gasteiger partial charge in [0, 0.05) is 15.0 Å². The van der Waals surface area contributed by atoms with Crippen LogP contribution < -0.4 is 5.32 Å². The summed E-state index contributed by atoms with van der Waals surface area (Å²) in [5.41, 5.74) is 1.99. The van der Waals surface area contributed by atoms with E-state index in [0.717, 1.165) is 20.1 Å². The smallest absolute Gasteiger partial charge is 0.123 e. The molecule has 2 aromatic carbocycles. The maximum atomic E-state index is 13.4. The largest absolute Gasteiger partial charge is 0.313 e. The van der Waals surface area contributed by atoms with Crippen molar-refractivity contribution >= 4 is 43.5 Å². The van der Waals surface area contributed by atoms with E-state index in [1.807, 2.05) is 25.2 Å². The Bertz CT molecular complexity index is 619. The van der Waals surface area contributed by atoms with Gasteiger partial charge in [0.05, 0.1) is 5.02 Å². The fourth-order valence-electron chi connectivity index (χ4n) is 2.04. The molecule has 0 aliphatic carbocycles. The van der Waals surface area contributed by atoms with Crippen molar-refractivity contribution in [3.8, 4) is 0 Å². The number of halogens is 4. The van der Waals surface area contributed by atoms with Crippen molar-refractivity contribution in [3.05, 3.63) is 67.3 Å². The van der Waals surface area contributed by atoms with Crippen molar-refractivity contribution < 1.29 is 4.39 Å². The second kappa shape index (κ2) is 7.03. The maximum absolute atomic E-state index is 13.4. The Morgan fingerprint density at radius 1 is 1.15 bits per heavy atom.